The van der Waals surface area contributed by atoms with E-state index >= 15 is 0 Å². The van der Waals surface area contributed by atoms with Crippen LogP contribution in [0.1, 0.15) is 51.9 Å². The zero-order valence-corrected chi connectivity index (χ0v) is 17.0. The zero-order valence-electron chi connectivity index (χ0n) is 16.0. The van der Waals surface area contributed by atoms with Crippen molar-refractivity contribution in [3.63, 3.8) is 0 Å². The Kier molecular flexibility index (Phi) is 7.48. The van der Waals surface area contributed by atoms with Crippen molar-refractivity contribution < 1.29 is 8.85 Å². The van der Waals surface area contributed by atoms with Crippen LogP contribution in [-0.2, 0) is 8.85 Å². The van der Waals surface area contributed by atoms with Gasteiger partial charge in [0, 0.05) is 13.2 Å². The topological polar surface area (TPSA) is 18.5 Å². The number of hydrogen-bond acceptors (Lipinski definition) is 2. The summed E-state index contributed by atoms with van der Waals surface area (Å²) < 4.78 is 13.5. The van der Waals surface area contributed by atoms with Gasteiger partial charge in [-0.1, -0.05) is 93.3 Å². The molecule has 0 amide bonds. The quantitative estimate of drug-likeness (QED) is 0.473. The molecule has 140 valence electrons. The van der Waals surface area contributed by atoms with Crippen LogP contribution in [0.25, 0.3) is 0 Å². The van der Waals surface area contributed by atoms with Crippen molar-refractivity contribution in [2.24, 2.45) is 5.92 Å². The van der Waals surface area contributed by atoms with Crippen LogP contribution in [0.15, 0.2) is 60.7 Å². The molecule has 0 atom stereocenters. The average molecular weight is 369 g/mol. The number of rotatable bonds is 9. The van der Waals surface area contributed by atoms with Crippen LogP contribution in [0.3, 0.4) is 0 Å². The molecular weight excluding hydrogens is 336 g/mol. The van der Waals surface area contributed by atoms with E-state index in [2.05, 4.69) is 67.6 Å². The van der Waals surface area contributed by atoms with Crippen LogP contribution in [0.2, 0.25) is 0 Å². The smallest absolute Gasteiger partial charge is 0.388 e. The highest BCUT2D eigenvalue weighted by Gasteiger charge is 2.43. The molecule has 0 saturated heterocycles. The lowest BCUT2D eigenvalue weighted by Gasteiger charge is -2.34. The van der Waals surface area contributed by atoms with E-state index in [9.17, 15) is 0 Å². The predicted octanol–water partition coefficient (Wildman–Crippen LogP) is 4.66. The van der Waals surface area contributed by atoms with Crippen molar-refractivity contribution in [1.29, 1.82) is 0 Å². The lowest BCUT2D eigenvalue weighted by atomic mass is 9.90. The third-order valence-corrected chi connectivity index (χ3v) is 8.73. The van der Waals surface area contributed by atoms with E-state index in [4.69, 9.17) is 8.85 Å². The molecular formula is C23H32O2Si. The van der Waals surface area contributed by atoms with Gasteiger partial charge in [0.1, 0.15) is 0 Å². The van der Waals surface area contributed by atoms with Crippen molar-refractivity contribution in [2.45, 2.75) is 51.9 Å². The minimum atomic E-state index is -2.67. The Morgan fingerprint density at radius 2 is 1.38 bits per heavy atom. The Morgan fingerprint density at radius 3 is 1.92 bits per heavy atom. The largest absolute Gasteiger partial charge is 0.407 e. The Hall–Kier alpha value is -1.42. The first-order chi connectivity index (χ1) is 12.8. The van der Waals surface area contributed by atoms with E-state index in [0.29, 0.717) is 5.92 Å². The van der Waals surface area contributed by atoms with Crippen molar-refractivity contribution in [2.75, 3.05) is 13.2 Å². The average Bonchev–Trinajstić information content (AvgIpc) is 2.73. The summed E-state index contributed by atoms with van der Waals surface area (Å²) in [6.45, 7) is 3.79. The molecule has 0 spiro atoms. The lowest BCUT2D eigenvalue weighted by molar-refractivity contribution is 0.146. The monoisotopic (exact) mass is 368 g/mol. The molecule has 0 aliphatic heterocycles. The van der Waals surface area contributed by atoms with Crippen molar-refractivity contribution in [1.82, 2.24) is 0 Å². The predicted molar refractivity (Wildman–Crippen MR) is 111 cm³/mol. The molecule has 1 saturated carbocycles. The summed E-state index contributed by atoms with van der Waals surface area (Å²) in [5.74, 6) is 0.679. The Bertz CT molecular complexity index is 584. The summed E-state index contributed by atoms with van der Waals surface area (Å²) in [5.41, 5.74) is 0. The summed E-state index contributed by atoms with van der Waals surface area (Å²) in [5, 5.41) is 2.44. The van der Waals surface area contributed by atoms with E-state index in [1.54, 1.807) is 0 Å². The maximum atomic E-state index is 6.80. The molecule has 26 heavy (non-hydrogen) atoms. The third-order valence-electron chi connectivity index (χ3n) is 5.36. The third kappa shape index (κ3) is 4.85. The van der Waals surface area contributed by atoms with Gasteiger partial charge in [0.2, 0.25) is 0 Å². The SMILES string of the molecule is CCCCO[Si](OCC1CCCCC1)(c1ccccc1)c1ccccc1. The van der Waals surface area contributed by atoms with Crippen molar-refractivity contribution in [3.8, 4) is 0 Å². The van der Waals surface area contributed by atoms with Crippen LogP contribution in [0, 0.1) is 5.92 Å². The second kappa shape index (κ2) is 10.1. The maximum absolute atomic E-state index is 6.80. The van der Waals surface area contributed by atoms with Gasteiger partial charge in [-0.3, -0.25) is 0 Å². The van der Waals surface area contributed by atoms with Gasteiger partial charge < -0.3 is 8.85 Å². The number of unbranched alkanes of at least 4 members (excludes halogenated alkanes) is 1. The summed E-state index contributed by atoms with van der Waals surface area (Å²) in [6, 6.07) is 21.3. The summed E-state index contributed by atoms with van der Waals surface area (Å²) in [7, 11) is -2.67. The second-order valence-corrected chi connectivity index (χ2v) is 10.3. The fourth-order valence-electron chi connectivity index (χ4n) is 3.81. The molecule has 1 aliphatic carbocycles. The number of benzene rings is 2. The standard InChI is InChI=1S/C23H32O2Si/c1-2-3-19-24-26(22-15-9-5-10-16-22,23-17-11-6-12-18-23)25-20-21-13-7-4-8-14-21/h5-6,9-12,15-18,21H,2-4,7-8,13-14,19-20H2,1H3. The van der Waals surface area contributed by atoms with E-state index in [1.165, 1.54) is 42.5 Å². The first kappa shape index (κ1) is 19.3. The highest BCUT2D eigenvalue weighted by molar-refractivity contribution is 6.92. The Balaban J connectivity index is 1.90. The molecule has 0 aromatic heterocycles. The van der Waals surface area contributed by atoms with Gasteiger partial charge in [-0.15, -0.1) is 0 Å². The molecule has 3 heteroatoms. The maximum Gasteiger partial charge on any atom is 0.407 e. The normalized spacial score (nSPS) is 15.9. The zero-order chi connectivity index (χ0) is 18.1. The lowest BCUT2D eigenvalue weighted by Crippen LogP contribution is -2.64. The van der Waals surface area contributed by atoms with E-state index in [1.807, 2.05) is 0 Å². The van der Waals surface area contributed by atoms with Crippen LogP contribution in [0.5, 0.6) is 0 Å². The molecule has 0 N–H and O–H groups in total. The van der Waals surface area contributed by atoms with Crippen molar-refractivity contribution in [3.05, 3.63) is 60.7 Å². The van der Waals surface area contributed by atoms with Gasteiger partial charge in [-0.05, 0) is 35.6 Å². The van der Waals surface area contributed by atoms with Gasteiger partial charge in [-0.25, -0.2) is 0 Å². The molecule has 0 unspecified atom stereocenters. The van der Waals surface area contributed by atoms with E-state index < -0.39 is 8.56 Å². The van der Waals surface area contributed by atoms with Crippen LogP contribution >= 0.6 is 0 Å². The number of hydrogen-bond donors (Lipinski definition) is 0. The minimum absolute atomic E-state index is 0.679. The van der Waals surface area contributed by atoms with Crippen LogP contribution in [-0.4, -0.2) is 21.8 Å². The molecule has 0 radical (unpaired) electrons. The second-order valence-electron chi connectivity index (χ2n) is 7.37. The Morgan fingerprint density at radius 1 is 0.808 bits per heavy atom. The summed E-state index contributed by atoms with van der Waals surface area (Å²) >= 11 is 0. The molecule has 2 nitrogen and oxygen atoms in total. The molecule has 1 aliphatic rings. The summed E-state index contributed by atoms with van der Waals surface area (Å²) in [6.07, 6.45) is 8.86. The van der Waals surface area contributed by atoms with Gasteiger partial charge in [0.15, 0.2) is 0 Å². The fourth-order valence-corrected chi connectivity index (χ4v) is 7.05. The first-order valence-corrected chi connectivity index (χ1v) is 12.1. The Labute approximate surface area is 159 Å². The van der Waals surface area contributed by atoms with Gasteiger partial charge in [0.05, 0.1) is 0 Å². The molecule has 1 fully saturated rings. The molecule has 0 heterocycles. The highest BCUT2D eigenvalue weighted by Crippen LogP contribution is 2.25. The summed E-state index contributed by atoms with van der Waals surface area (Å²) in [4.78, 5) is 0. The van der Waals surface area contributed by atoms with Gasteiger partial charge in [0.25, 0.3) is 0 Å². The molecule has 3 rings (SSSR count). The van der Waals surface area contributed by atoms with Gasteiger partial charge >= 0.3 is 8.56 Å². The van der Waals surface area contributed by atoms with Crippen LogP contribution < -0.4 is 10.4 Å². The molecule has 2 aromatic rings. The fraction of sp³-hybridized carbons (Fsp3) is 0.478. The van der Waals surface area contributed by atoms with Crippen LogP contribution in [0.4, 0.5) is 0 Å². The first-order valence-electron chi connectivity index (χ1n) is 10.2. The highest BCUT2D eigenvalue weighted by atomic mass is 28.4. The minimum Gasteiger partial charge on any atom is -0.388 e. The van der Waals surface area contributed by atoms with E-state index in [0.717, 1.165) is 26.1 Å². The van der Waals surface area contributed by atoms with Crippen molar-refractivity contribution >= 4 is 18.9 Å². The molecule has 0 bridgehead atoms. The molecule has 2 aromatic carbocycles. The van der Waals surface area contributed by atoms with E-state index in [-0.39, 0.29) is 0 Å². The van der Waals surface area contributed by atoms with Gasteiger partial charge in [-0.2, -0.15) is 0 Å².